The summed E-state index contributed by atoms with van der Waals surface area (Å²) < 4.78 is 0. The zero-order valence-corrected chi connectivity index (χ0v) is 11.3. The number of carbonyl (C=O) groups is 2. The number of fused-ring (bicyclic) bond motifs is 1. The lowest BCUT2D eigenvalue weighted by atomic mass is 10.1. The van der Waals surface area contributed by atoms with Gasteiger partial charge in [0.05, 0.1) is 12.0 Å². The van der Waals surface area contributed by atoms with Gasteiger partial charge >= 0.3 is 5.97 Å². The van der Waals surface area contributed by atoms with Crippen LogP contribution < -0.4 is 4.90 Å². The van der Waals surface area contributed by atoms with Crippen LogP contribution in [0.1, 0.15) is 21.6 Å². The molecule has 5 nitrogen and oxygen atoms in total. The first-order valence-corrected chi connectivity index (χ1v) is 6.71. The van der Waals surface area contributed by atoms with Gasteiger partial charge in [0.15, 0.2) is 0 Å². The van der Waals surface area contributed by atoms with Gasteiger partial charge in [0.1, 0.15) is 0 Å². The summed E-state index contributed by atoms with van der Waals surface area (Å²) in [5.74, 6) is -0.972. The van der Waals surface area contributed by atoms with Crippen molar-refractivity contribution < 1.29 is 14.7 Å². The number of hydrogen-bond donors (Lipinski definition) is 1. The van der Waals surface area contributed by atoms with E-state index < -0.39 is 5.97 Å². The number of aromatic nitrogens is 1. The molecule has 2 heterocycles. The van der Waals surface area contributed by atoms with Crippen LogP contribution in [0.3, 0.4) is 0 Å². The lowest BCUT2D eigenvalue weighted by Crippen LogP contribution is -2.29. The molecule has 1 aliphatic heterocycles. The number of amides is 1. The summed E-state index contributed by atoms with van der Waals surface area (Å²) in [6.07, 6.45) is 2.67. The second kappa shape index (κ2) is 5.36. The highest BCUT2D eigenvalue weighted by Crippen LogP contribution is 2.29. The quantitative estimate of drug-likeness (QED) is 0.930. The van der Waals surface area contributed by atoms with Crippen molar-refractivity contribution in [2.75, 3.05) is 11.4 Å². The van der Waals surface area contributed by atoms with Crippen LogP contribution in [0.15, 0.2) is 42.6 Å². The molecule has 5 heteroatoms. The number of anilines is 1. The minimum Gasteiger partial charge on any atom is -0.478 e. The molecule has 1 aliphatic rings. The van der Waals surface area contributed by atoms with Gasteiger partial charge in [0.25, 0.3) is 0 Å². The molecule has 0 saturated carbocycles. The number of rotatable bonds is 4. The fourth-order valence-electron chi connectivity index (χ4n) is 2.53. The third kappa shape index (κ3) is 2.63. The molecular weight excluding hydrogens is 268 g/mol. The first-order chi connectivity index (χ1) is 10.1. The van der Waals surface area contributed by atoms with Crippen LogP contribution in [0, 0.1) is 0 Å². The van der Waals surface area contributed by atoms with Crippen molar-refractivity contribution in [3.8, 4) is 0 Å². The molecule has 1 aromatic carbocycles. The molecule has 0 fully saturated rings. The Kier molecular flexibility index (Phi) is 3.39. The van der Waals surface area contributed by atoms with Crippen molar-refractivity contribution in [2.45, 2.75) is 12.8 Å². The molecule has 21 heavy (non-hydrogen) atoms. The van der Waals surface area contributed by atoms with E-state index in [-0.39, 0.29) is 17.9 Å². The van der Waals surface area contributed by atoms with Crippen molar-refractivity contribution >= 4 is 17.6 Å². The van der Waals surface area contributed by atoms with E-state index >= 15 is 0 Å². The first-order valence-electron chi connectivity index (χ1n) is 6.71. The molecular formula is C16H14N2O3. The van der Waals surface area contributed by atoms with E-state index in [9.17, 15) is 9.59 Å². The van der Waals surface area contributed by atoms with Crippen molar-refractivity contribution in [2.24, 2.45) is 0 Å². The van der Waals surface area contributed by atoms with E-state index in [0.29, 0.717) is 13.0 Å². The molecule has 1 amide bonds. The number of carbonyl (C=O) groups excluding carboxylic acids is 1. The Labute approximate surface area is 121 Å². The third-order valence-electron chi connectivity index (χ3n) is 3.58. The van der Waals surface area contributed by atoms with Crippen molar-refractivity contribution in [3.05, 3.63) is 59.4 Å². The Bertz CT molecular complexity index is 698. The molecule has 0 unspecified atom stereocenters. The van der Waals surface area contributed by atoms with E-state index in [1.165, 1.54) is 6.07 Å². The molecule has 1 N–H and O–H groups in total. The minimum atomic E-state index is -0.975. The zero-order chi connectivity index (χ0) is 14.8. The first kappa shape index (κ1) is 13.3. The molecule has 2 aromatic rings. The van der Waals surface area contributed by atoms with Gasteiger partial charge in [-0.25, -0.2) is 4.79 Å². The van der Waals surface area contributed by atoms with Gasteiger partial charge in [-0.05, 0) is 35.9 Å². The topological polar surface area (TPSA) is 70.5 Å². The maximum Gasteiger partial charge on any atom is 0.335 e. The number of nitrogens with zero attached hydrogens (tertiary/aromatic N) is 2. The van der Waals surface area contributed by atoms with E-state index in [2.05, 4.69) is 4.98 Å². The second-order valence-electron chi connectivity index (χ2n) is 4.94. The van der Waals surface area contributed by atoms with Crippen LogP contribution in [-0.2, 0) is 17.6 Å². The average molecular weight is 282 g/mol. The predicted molar refractivity (Wildman–Crippen MR) is 77.4 cm³/mol. The monoisotopic (exact) mass is 282 g/mol. The van der Waals surface area contributed by atoms with Crippen LogP contribution in [-0.4, -0.2) is 28.5 Å². The smallest absolute Gasteiger partial charge is 0.335 e. The fraction of sp³-hybridized carbons (Fsp3) is 0.188. The van der Waals surface area contributed by atoms with Gasteiger partial charge in [-0.15, -0.1) is 0 Å². The SMILES string of the molecule is O=C(O)c1ccc2c(c1)CC(=O)N2CCc1ccccn1. The molecule has 0 aliphatic carbocycles. The minimum absolute atomic E-state index is 0.00321. The van der Waals surface area contributed by atoms with Gasteiger partial charge in [-0.3, -0.25) is 9.78 Å². The summed E-state index contributed by atoms with van der Waals surface area (Å²) in [7, 11) is 0. The highest BCUT2D eigenvalue weighted by molar-refractivity contribution is 6.02. The molecule has 0 spiro atoms. The van der Waals surface area contributed by atoms with Crippen LogP contribution in [0.2, 0.25) is 0 Å². The largest absolute Gasteiger partial charge is 0.478 e. The Morgan fingerprint density at radius 1 is 1.29 bits per heavy atom. The van der Waals surface area contributed by atoms with E-state index in [1.54, 1.807) is 23.2 Å². The van der Waals surface area contributed by atoms with Crippen LogP contribution >= 0.6 is 0 Å². The predicted octanol–water partition coefficient (Wildman–Crippen LogP) is 1.91. The standard InChI is InChI=1S/C16H14N2O3/c19-15-10-12-9-11(16(20)21)4-5-14(12)18(15)8-6-13-3-1-2-7-17-13/h1-5,7,9H,6,8,10H2,(H,20,21). The van der Waals surface area contributed by atoms with Gasteiger partial charge in [0, 0.05) is 30.5 Å². The summed E-state index contributed by atoms with van der Waals surface area (Å²) in [6.45, 7) is 0.551. The van der Waals surface area contributed by atoms with Gasteiger partial charge in [-0.2, -0.15) is 0 Å². The third-order valence-corrected chi connectivity index (χ3v) is 3.58. The summed E-state index contributed by atoms with van der Waals surface area (Å²) >= 11 is 0. The summed E-state index contributed by atoms with van der Waals surface area (Å²) in [4.78, 5) is 29.0. The molecule has 106 valence electrons. The summed E-state index contributed by atoms with van der Waals surface area (Å²) in [5, 5.41) is 8.99. The number of carboxylic acids is 1. The zero-order valence-electron chi connectivity index (χ0n) is 11.3. The van der Waals surface area contributed by atoms with Gasteiger partial charge in [-0.1, -0.05) is 6.07 Å². The lowest BCUT2D eigenvalue weighted by Gasteiger charge is -2.17. The van der Waals surface area contributed by atoms with Crippen LogP contribution in [0.5, 0.6) is 0 Å². The summed E-state index contributed by atoms with van der Waals surface area (Å²) in [6, 6.07) is 10.5. The number of aromatic carboxylic acids is 1. The average Bonchev–Trinajstić information content (AvgIpc) is 2.80. The molecule has 0 saturated heterocycles. The Hall–Kier alpha value is -2.69. The van der Waals surface area contributed by atoms with Crippen molar-refractivity contribution in [1.82, 2.24) is 4.98 Å². The molecule has 0 bridgehead atoms. The number of hydrogen-bond acceptors (Lipinski definition) is 3. The van der Waals surface area contributed by atoms with E-state index in [4.69, 9.17) is 5.11 Å². The van der Waals surface area contributed by atoms with E-state index in [1.807, 2.05) is 18.2 Å². The summed E-state index contributed by atoms with van der Waals surface area (Å²) in [5.41, 5.74) is 2.73. The Morgan fingerprint density at radius 2 is 2.14 bits per heavy atom. The number of pyridine rings is 1. The highest BCUT2D eigenvalue weighted by atomic mass is 16.4. The van der Waals surface area contributed by atoms with Crippen molar-refractivity contribution in [3.63, 3.8) is 0 Å². The molecule has 0 radical (unpaired) electrons. The fourth-order valence-corrected chi connectivity index (χ4v) is 2.53. The number of carboxylic acid groups (broad SMARTS) is 1. The Balaban J connectivity index is 1.79. The molecule has 3 rings (SSSR count). The normalized spacial score (nSPS) is 13.3. The van der Waals surface area contributed by atoms with Gasteiger partial charge < -0.3 is 10.0 Å². The van der Waals surface area contributed by atoms with E-state index in [0.717, 1.165) is 16.9 Å². The molecule has 0 atom stereocenters. The van der Waals surface area contributed by atoms with Crippen LogP contribution in [0.4, 0.5) is 5.69 Å². The van der Waals surface area contributed by atoms with Gasteiger partial charge in [0.2, 0.25) is 5.91 Å². The number of benzene rings is 1. The highest BCUT2D eigenvalue weighted by Gasteiger charge is 2.27. The lowest BCUT2D eigenvalue weighted by molar-refractivity contribution is -0.117. The van der Waals surface area contributed by atoms with Crippen LogP contribution in [0.25, 0.3) is 0 Å². The Morgan fingerprint density at radius 3 is 2.86 bits per heavy atom. The maximum absolute atomic E-state index is 12.1. The second-order valence-corrected chi connectivity index (χ2v) is 4.94. The maximum atomic E-state index is 12.1. The molecule has 1 aromatic heterocycles. The van der Waals surface area contributed by atoms with Crippen molar-refractivity contribution in [1.29, 1.82) is 0 Å².